The molecule has 0 aromatic heterocycles. The van der Waals surface area contributed by atoms with Gasteiger partial charge in [0, 0.05) is 25.3 Å². The van der Waals surface area contributed by atoms with Gasteiger partial charge in [-0.25, -0.2) is 0 Å². The highest BCUT2D eigenvalue weighted by atomic mass is 16.5. The Balaban J connectivity index is 2.45. The van der Waals surface area contributed by atoms with E-state index >= 15 is 0 Å². The number of amides is 1. The normalized spacial score (nSPS) is 11.0. The molecular formula is C17H25NO4. The zero-order chi connectivity index (χ0) is 16.4. The fourth-order valence-corrected chi connectivity index (χ4v) is 1.76. The van der Waals surface area contributed by atoms with Gasteiger partial charge in [-0.3, -0.25) is 4.79 Å². The number of hydrogen-bond acceptors (Lipinski definition) is 4. The van der Waals surface area contributed by atoms with Crippen molar-refractivity contribution in [3.05, 3.63) is 29.8 Å². The van der Waals surface area contributed by atoms with E-state index in [0.29, 0.717) is 24.7 Å². The lowest BCUT2D eigenvalue weighted by atomic mass is 10.2. The van der Waals surface area contributed by atoms with Crippen LogP contribution in [0.1, 0.15) is 25.8 Å². The van der Waals surface area contributed by atoms with Crippen molar-refractivity contribution in [2.75, 3.05) is 27.4 Å². The van der Waals surface area contributed by atoms with Crippen LogP contribution in [0.15, 0.2) is 24.3 Å². The highest BCUT2D eigenvalue weighted by Crippen LogP contribution is 2.23. The molecule has 0 aliphatic heterocycles. The molecule has 0 radical (unpaired) electrons. The van der Waals surface area contributed by atoms with Crippen molar-refractivity contribution in [1.29, 1.82) is 0 Å². The molecule has 0 saturated carbocycles. The first-order chi connectivity index (χ1) is 10.5. The van der Waals surface area contributed by atoms with Gasteiger partial charge in [0.05, 0.1) is 20.3 Å². The molecular weight excluding hydrogens is 282 g/mol. The van der Waals surface area contributed by atoms with Gasteiger partial charge in [0.15, 0.2) is 0 Å². The van der Waals surface area contributed by atoms with Crippen LogP contribution >= 0.6 is 0 Å². The molecule has 0 heterocycles. The Morgan fingerprint density at radius 1 is 1.18 bits per heavy atom. The molecule has 0 fully saturated rings. The molecule has 0 aliphatic rings. The minimum absolute atomic E-state index is 0.133. The summed E-state index contributed by atoms with van der Waals surface area (Å²) in [5.41, 5.74) is 0.842. The van der Waals surface area contributed by atoms with E-state index in [0.717, 1.165) is 12.0 Å². The summed E-state index contributed by atoms with van der Waals surface area (Å²) in [5.74, 6) is 1.24. The first-order valence-corrected chi connectivity index (χ1v) is 7.35. The Labute approximate surface area is 132 Å². The average Bonchev–Trinajstić information content (AvgIpc) is 2.51. The van der Waals surface area contributed by atoms with E-state index in [2.05, 4.69) is 5.32 Å². The van der Waals surface area contributed by atoms with E-state index in [1.54, 1.807) is 26.4 Å². The fraction of sp³-hybridized carbons (Fsp3) is 0.471. The van der Waals surface area contributed by atoms with Gasteiger partial charge in [0.2, 0.25) is 5.91 Å². The van der Waals surface area contributed by atoms with E-state index in [4.69, 9.17) is 14.2 Å². The van der Waals surface area contributed by atoms with Crippen molar-refractivity contribution in [3.63, 3.8) is 0 Å². The molecule has 0 saturated heterocycles. The van der Waals surface area contributed by atoms with Crippen LogP contribution in [0.2, 0.25) is 0 Å². The van der Waals surface area contributed by atoms with E-state index in [1.165, 1.54) is 6.08 Å². The summed E-state index contributed by atoms with van der Waals surface area (Å²) >= 11 is 0. The van der Waals surface area contributed by atoms with Gasteiger partial charge in [0.25, 0.3) is 0 Å². The number of carbonyl (C=O) groups excluding carboxylic acids is 1. The number of benzene rings is 1. The second-order valence-corrected chi connectivity index (χ2v) is 5.04. The summed E-state index contributed by atoms with van der Waals surface area (Å²) in [4.78, 5) is 11.7. The van der Waals surface area contributed by atoms with E-state index in [9.17, 15) is 4.79 Å². The van der Waals surface area contributed by atoms with Crippen molar-refractivity contribution < 1.29 is 19.0 Å². The highest BCUT2D eigenvalue weighted by molar-refractivity contribution is 5.91. The molecule has 0 spiro atoms. The monoisotopic (exact) mass is 307 g/mol. The molecule has 0 atom stereocenters. The van der Waals surface area contributed by atoms with E-state index < -0.39 is 0 Å². The zero-order valence-electron chi connectivity index (χ0n) is 13.7. The number of carbonyl (C=O) groups is 1. The van der Waals surface area contributed by atoms with Gasteiger partial charge < -0.3 is 19.5 Å². The van der Waals surface area contributed by atoms with Gasteiger partial charge in [0.1, 0.15) is 11.5 Å². The Morgan fingerprint density at radius 3 is 2.36 bits per heavy atom. The molecule has 0 unspecified atom stereocenters. The average molecular weight is 307 g/mol. The number of nitrogens with one attached hydrogen (secondary N) is 1. The zero-order valence-corrected chi connectivity index (χ0v) is 13.7. The predicted molar refractivity (Wildman–Crippen MR) is 87.3 cm³/mol. The molecule has 22 heavy (non-hydrogen) atoms. The largest absolute Gasteiger partial charge is 0.497 e. The molecule has 5 heteroatoms. The van der Waals surface area contributed by atoms with Gasteiger partial charge in [-0.15, -0.1) is 0 Å². The lowest BCUT2D eigenvalue weighted by molar-refractivity contribution is -0.116. The van der Waals surface area contributed by atoms with Crippen LogP contribution in [0.3, 0.4) is 0 Å². The maximum atomic E-state index is 11.7. The maximum Gasteiger partial charge on any atom is 0.244 e. The molecule has 0 bridgehead atoms. The lowest BCUT2D eigenvalue weighted by Crippen LogP contribution is -2.23. The van der Waals surface area contributed by atoms with Crippen LogP contribution in [-0.4, -0.2) is 39.4 Å². The van der Waals surface area contributed by atoms with Crippen molar-refractivity contribution >= 4 is 12.0 Å². The molecule has 5 nitrogen and oxygen atoms in total. The third-order valence-corrected chi connectivity index (χ3v) is 2.87. The highest BCUT2D eigenvalue weighted by Gasteiger charge is 2.01. The predicted octanol–water partition coefficient (Wildman–Crippen LogP) is 2.65. The Bertz CT molecular complexity index is 475. The quantitative estimate of drug-likeness (QED) is 0.563. The minimum atomic E-state index is -0.133. The fourth-order valence-electron chi connectivity index (χ4n) is 1.76. The van der Waals surface area contributed by atoms with E-state index in [1.807, 2.05) is 26.0 Å². The minimum Gasteiger partial charge on any atom is -0.497 e. The third-order valence-electron chi connectivity index (χ3n) is 2.87. The summed E-state index contributed by atoms with van der Waals surface area (Å²) in [7, 11) is 3.18. The summed E-state index contributed by atoms with van der Waals surface area (Å²) in [6, 6.07) is 5.46. The molecule has 122 valence electrons. The van der Waals surface area contributed by atoms with Crippen LogP contribution in [0.25, 0.3) is 6.08 Å². The molecule has 1 N–H and O–H groups in total. The molecule has 1 aromatic carbocycles. The van der Waals surface area contributed by atoms with Gasteiger partial charge in [-0.1, -0.05) is 0 Å². The summed E-state index contributed by atoms with van der Waals surface area (Å²) in [6.07, 6.45) is 4.24. The SMILES string of the molecule is COc1cc(/C=C/C(=O)NCCCOC(C)C)cc(OC)c1. The van der Waals surface area contributed by atoms with Crippen LogP contribution in [0.5, 0.6) is 11.5 Å². The van der Waals surface area contributed by atoms with Crippen LogP contribution in [0.4, 0.5) is 0 Å². The Morgan fingerprint density at radius 2 is 1.82 bits per heavy atom. The van der Waals surface area contributed by atoms with Crippen LogP contribution < -0.4 is 14.8 Å². The molecule has 0 aliphatic carbocycles. The van der Waals surface area contributed by atoms with Crippen molar-refractivity contribution in [3.8, 4) is 11.5 Å². The van der Waals surface area contributed by atoms with Gasteiger partial charge >= 0.3 is 0 Å². The second-order valence-electron chi connectivity index (χ2n) is 5.04. The first kappa shape index (κ1) is 18.0. The number of rotatable bonds is 9. The number of methoxy groups -OCH3 is 2. The number of hydrogen-bond donors (Lipinski definition) is 1. The van der Waals surface area contributed by atoms with Gasteiger partial charge in [-0.2, -0.15) is 0 Å². The summed E-state index contributed by atoms with van der Waals surface area (Å²) in [6.45, 7) is 5.22. The summed E-state index contributed by atoms with van der Waals surface area (Å²) in [5, 5.41) is 2.82. The molecule has 1 amide bonds. The van der Waals surface area contributed by atoms with Crippen molar-refractivity contribution in [2.45, 2.75) is 26.4 Å². The lowest BCUT2D eigenvalue weighted by Gasteiger charge is -2.07. The molecule has 1 rings (SSSR count). The van der Waals surface area contributed by atoms with E-state index in [-0.39, 0.29) is 12.0 Å². The molecule has 1 aromatic rings. The first-order valence-electron chi connectivity index (χ1n) is 7.35. The summed E-state index contributed by atoms with van der Waals surface area (Å²) < 4.78 is 15.8. The van der Waals surface area contributed by atoms with Crippen LogP contribution in [0, 0.1) is 0 Å². The third kappa shape index (κ3) is 7.13. The maximum absolute atomic E-state index is 11.7. The Kier molecular flexibility index (Phi) is 8.07. The van der Waals surface area contributed by atoms with Gasteiger partial charge in [-0.05, 0) is 44.0 Å². The standard InChI is InChI=1S/C17H25NO4/c1-13(2)22-9-5-8-18-17(19)7-6-14-10-15(20-3)12-16(11-14)21-4/h6-7,10-13H,5,8-9H2,1-4H3,(H,18,19)/b7-6+. The second kappa shape index (κ2) is 9.84. The van der Waals surface area contributed by atoms with Crippen molar-refractivity contribution in [2.24, 2.45) is 0 Å². The Hall–Kier alpha value is -2.01. The number of ether oxygens (including phenoxy) is 3. The van der Waals surface area contributed by atoms with Crippen LogP contribution in [-0.2, 0) is 9.53 Å². The smallest absolute Gasteiger partial charge is 0.244 e. The topological polar surface area (TPSA) is 56.8 Å². The van der Waals surface area contributed by atoms with Crippen molar-refractivity contribution in [1.82, 2.24) is 5.32 Å².